The lowest BCUT2D eigenvalue weighted by molar-refractivity contribution is 1.05. The van der Waals surface area contributed by atoms with E-state index in [1.54, 1.807) is 0 Å². The first-order chi connectivity index (χ1) is 31.2. The first kappa shape index (κ1) is 35.1. The standard InChI is InChI=1S/C56H35N7/c1-7-27-49-37(16-1)38-17-2-8-28-50(38)61(49)36-34-48(60-56(35-36)63-53-31-11-5-20-41(53)42-21-6-12-32-54(42)63)47-25-14-23-44(58-47)43-22-13-24-45(57-43)46-26-15-33-55(59-46)62-51-29-9-3-18-39(51)40-19-4-10-30-52(40)62/h1-35H. The van der Waals surface area contributed by atoms with E-state index in [2.05, 4.69) is 184 Å². The Morgan fingerprint density at radius 2 is 0.524 bits per heavy atom. The summed E-state index contributed by atoms with van der Waals surface area (Å²) >= 11 is 0. The summed E-state index contributed by atoms with van der Waals surface area (Å²) in [4.78, 5) is 21.1. The highest BCUT2D eigenvalue weighted by molar-refractivity contribution is 6.11. The average molecular weight is 806 g/mol. The van der Waals surface area contributed by atoms with Crippen LogP contribution in [0.3, 0.4) is 0 Å². The Hall–Kier alpha value is -8.68. The van der Waals surface area contributed by atoms with Gasteiger partial charge < -0.3 is 4.57 Å². The lowest BCUT2D eigenvalue weighted by Gasteiger charge is -2.15. The molecule has 0 aliphatic carbocycles. The Morgan fingerprint density at radius 3 is 0.937 bits per heavy atom. The molecule has 7 aromatic heterocycles. The number of para-hydroxylation sites is 6. The molecule has 13 aromatic rings. The van der Waals surface area contributed by atoms with Crippen LogP contribution < -0.4 is 0 Å². The molecule has 13 rings (SSSR count). The lowest BCUT2D eigenvalue weighted by Crippen LogP contribution is -2.04. The molecule has 0 radical (unpaired) electrons. The van der Waals surface area contributed by atoms with E-state index in [0.29, 0.717) is 0 Å². The Morgan fingerprint density at radius 1 is 0.222 bits per heavy atom. The smallest absolute Gasteiger partial charge is 0.140 e. The van der Waals surface area contributed by atoms with E-state index in [4.69, 9.17) is 19.9 Å². The maximum absolute atomic E-state index is 5.45. The highest BCUT2D eigenvalue weighted by Crippen LogP contribution is 2.37. The van der Waals surface area contributed by atoms with Gasteiger partial charge in [-0.1, -0.05) is 127 Å². The quantitative estimate of drug-likeness (QED) is 0.168. The van der Waals surface area contributed by atoms with Crippen molar-refractivity contribution in [2.75, 3.05) is 0 Å². The van der Waals surface area contributed by atoms with Gasteiger partial charge in [0.25, 0.3) is 0 Å². The van der Waals surface area contributed by atoms with E-state index in [-0.39, 0.29) is 0 Å². The molecule has 294 valence electrons. The van der Waals surface area contributed by atoms with Gasteiger partial charge in [-0.05, 0) is 78.9 Å². The molecule has 0 unspecified atom stereocenters. The number of rotatable bonds is 6. The molecule has 0 aliphatic heterocycles. The molecule has 0 fully saturated rings. The lowest BCUT2D eigenvalue weighted by atomic mass is 10.1. The molecule has 0 saturated heterocycles. The first-order valence-electron chi connectivity index (χ1n) is 21.2. The monoisotopic (exact) mass is 805 g/mol. The Balaban J connectivity index is 0.965. The topological polar surface area (TPSA) is 66.3 Å². The van der Waals surface area contributed by atoms with E-state index in [1.165, 1.54) is 32.3 Å². The highest BCUT2D eigenvalue weighted by Gasteiger charge is 2.19. The van der Waals surface area contributed by atoms with Crippen LogP contribution in [-0.2, 0) is 0 Å². The zero-order valence-electron chi connectivity index (χ0n) is 33.8. The summed E-state index contributed by atoms with van der Waals surface area (Å²) in [6.45, 7) is 0. The van der Waals surface area contributed by atoms with Gasteiger partial charge in [-0.15, -0.1) is 0 Å². The third-order valence-electron chi connectivity index (χ3n) is 12.3. The van der Waals surface area contributed by atoms with Gasteiger partial charge in [0.15, 0.2) is 0 Å². The Kier molecular flexibility index (Phi) is 7.77. The van der Waals surface area contributed by atoms with Gasteiger partial charge in [-0.2, -0.15) is 0 Å². The highest BCUT2D eigenvalue weighted by atomic mass is 15.1. The Bertz CT molecular complexity index is 3650. The van der Waals surface area contributed by atoms with Crippen molar-refractivity contribution >= 4 is 65.4 Å². The maximum Gasteiger partial charge on any atom is 0.140 e. The van der Waals surface area contributed by atoms with Gasteiger partial charge in [-0.3, -0.25) is 9.13 Å². The van der Waals surface area contributed by atoms with Gasteiger partial charge in [0, 0.05) is 38.4 Å². The summed E-state index contributed by atoms with van der Waals surface area (Å²) in [6, 6.07) is 74.0. The molecule has 0 bridgehead atoms. The minimum absolute atomic E-state index is 0.746. The summed E-state index contributed by atoms with van der Waals surface area (Å²) in [5.74, 6) is 1.65. The predicted octanol–water partition coefficient (Wildman–Crippen LogP) is 13.6. The summed E-state index contributed by atoms with van der Waals surface area (Å²) in [5, 5.41) is 7.16. The van der Waals surface area contributed by atoms with Crippen molar-refractivity contribution in [1.29, 1.82) is 0 Å². The van der Waals surface area contributed by atoms with Crippen molar-refractivity contribution in [2.45, 2.75) is 0 Å². The molecule has 0 amide bonds. The summed E-state index contributed by atoms with van der Waals surface area (Å²) in [7, 11) is 0. The molecule has 7 heteroatoms. The first-order valence-corrected chi connectivity index (χ1v) is 21.2. The zero-order valence-corrected chi connectivity index (χ0v) is 33.8. The molecule has 0 aliphatic rings. The molecule has 0 saturated carbocycles. The van der Waals surface area contributed by atoms with E-state index in [9.17, 15) is 0 Å². The average Bonchev–Trinajstić information content (AvgIpc) is 4.00. The van der Waals surface area contributed by atoms with E-state index < -0.39 is 0 Å². The van der Waals surface area contributed by atoms with Crippen LogP contribution in [0.25, 0.3) is 117 Å². The second kappa shape index (κ2) is 13.9. The number of hydrogen-bond donors (Lipinski definition) is 0. The number of aromatic nitrogens is 7. The normalized spacial score (nSPS) is 11.8. The predicted molar refractivity (Wildman–Crippen MR) is 257 cm³/mol. The fourth-order valence-electron chi connectivity index (χ4n) is 9.55. The summed E-state index contributed by atoms with van der Waals surface area (Å²) < 4.78 is 6.86. The van der Waals surface area contributed by atoms with Crippen molar-refractivity contribution in [3.63, 3.8) is 0 Å². The fourth-order valence-corrected chi connectivity index (χ4v) is 9.55. The largest absolute Gasteiger partial charge is 0.309 e. The van der Waals surface area contributed by atoms with Crippen LogP contribution in [0.4, 0.5) is 0 Å². The number of pyridine rings is 4. The summed E-state index contributed by atoms with van der Waals surface area (Å²) in [6.07, 6.45) is 0. The van der Waals surface area contributed by atoms with Crippen LogP contribution in [0.1, 0.15) is 0 Å². The number of nitrogens with zero attached hydrogens (tertiary/aromatic N) is 7. The van der Waals surface area contributed by atoms with Crippen LogP contribution in [0.5, 0.6) is 0 Å². The van der Waals surface area contributed by atoms with Crippen molar-refractivity contribution in [1.82, 2.24) is 33.6 Å². The van der Waals surface area contributed by atoms with Crippen molar-refractivity contribution in [3.05, 3.63) is 212 Å². The van der Waals surface area contributed by atoms with Crippen molar-refractivity contribution < 1.29 is 0 Å². The molecule has 6 aromatic carbocycles. The molecular formula is C56H35N7. The third-order valence-corrected chi connectivity index (χ3v) is 12.3. The van der Waals surface area contributed by atoms with Gasteiger partial charge in [0.1, 0.15) is 11.6 Å². The fraction of sp³-hybridized carbons (Fsp3) is 0. The second-order valence-electron chi connectivity index (χ2n) is 15.9. The third kappa shape index (κ3) is 5.53. The number of hydrogen-bond acceptors (Lipinski definition) is 4. The van der Waals surface area contributed by atoms with Crippen LogP contribution in [-0.4, -0.2) is 33.6 Å². The van der Waals surface area contributed by atoms with Crippen LogP contribution >= 0.6 is 0 Å². The summed E-state index contributed by atoms with van der Waals surface area (Å²) in [5.41, 5.74) is 12.2. The van der Waals surface area contributed by atoms with E-state index in [1.807, 2.05) is 42.5 Å². The van der Waals surface area contributed by atoms with Gasteiger partial charge >= 0.3 is 0 Å². The maximum atomic E-state index is 5.45. The van der Waals surface area contributed by atoms with Gasteiger partial charge in [-0.25, -0.2) is 19.9 Å². The molecule has 63 heavy (non-hydrogen) atoms. The second-order valence-corrected chi connectivity index (χ2v) is 15.9. The Labute approximate surface area is 361 Å². The number of benzene rings is 6. The molecule has 0 atom stereocenters. The van der Waals surface area contributed by atoms with E-state index >= 15 is 0 Å². The van der Waals surface area contributed by atoms with Gasteiger partial charge in [0.05, 0.1) is 73.0 Å². The zero-order chi connectivity index (χ0) is 41.4. The minimum Gasteiger partial charge on any atom is -0.309 e. The van der Waals surface area contributed by atoms with Crippen molar-refractivity contribution in [3.8, 4) is 51.5 Å². The molecular weight excluding hydrogens is 771 g/mol. The molecule has 7 nitrogen and oxygen atoms in total. The minimum atomic E-state index is 0.746. The number of fused-ring (bicyclic) bond motifs is 9. The molecule has 7 heterocycles. The van der Waals surface area contributed by atoms with Crippen LogP contribution in [0.15, 0.2) is 212 Å². The molecule has 0 N–H and O–H groups in total. The van der Waals surface area contributed by atoms with Crippen molar-refractivity contribution in [2.24, 2.45) is 0 Å². The molecule has 0 spiro atoms. The van der Waals surface area contributed by atoms with Crippen LogP contribution in [0, 0.1) is 0 Å². The van der Waals surface area contributed by atoms with Crippen LogP contribution in [0.2, 0.25) is 0 Å². The van der Waals surface area contributed by atoms with Gasteiger partial charge in [0.2, 0.25) is 0 Å². The SMILES string of the molecule is c1cc(-c2cccc(-c3cc(-n4c5ccccc5c5ccccc54)cc(-n4c5ccccc5c5ccccc54)n3)n2)nc(-c2cccc(-n3c4ccccc4c4ccccc43)n2)c1. The van der Waals surface area contributed by atoms with E-state index in [0.717, 1.165) is 84.6 Å².